The summed E-state index contributed by atoms with van der Waals surface area (Å²) in [5.74, 6) is 0.850. The Morgan fingerprint density at radius 2 is 1.69 bits per heavy atom. The molecule has 0 aliphatic heterocycles. The largest absolute Gasteiger partial charge is 0.494 e. The van der Waals surface area contributed by atoms with Gasteiger partial charge in [-0.05, 0) is 76.1 Å². The van der Waals surface area contributed by atoms with Crippen molar-refractivity contribution in [2.24, 2.45) is 4.99 Å². The Labute approximate surface area is 156 Å². The van der Waals surface area contributed by atoms with Crippen LogP contribution in [0, 0.1) is 27.7 Å². The summed E-state index contributed by atoms with van der Waals surface area (Å²) in [6.07, 6.45) is 1.94. The van der Waals surface area contributed by atoms with Gasteiger partial charge < -0.3 is 9.30 Å². The number of benzene rings is 2. The summed E-state index contributed by atoms with van der Waals surface area (Å²) in [5.41, 5.74) is 8.17. The Kier molecular flexibility index (Phi) is 5.27. The Bertz CT molecular complexity index is 931. The van der Waals surface area contributed by atoms with Gasteiger partial charge in [-0.25, -0.2) is 0 Å². The molecule has 3 nitrogen and oxygen atoms in total. The molecule has 0 radical (unpaired) electrons. The molecule has 0 atom stereocenters. The monoisotopic (exact) mass is 346 g/mol. The summed E-state index contributed by atoms with van der Waals surface area (Å²) in [5, 5.41) is 0. The van der Waals surface area contributed by atoms with Gasteiger partial charge in [0.2, 0.25) is 0 Å². The molecule has 2 aromatic carbocycles. The normalized spacial score (nSPS) is 11.3. The van der Waals surface area contributed by atoms with Crippen LogP contribution in [0.15, 0.2) is 53.5 Å². The smallest absolute Gasteiger partial charge is 0.121 e. The first-order valence-electron chi connectivity index (χ1n) is 9.02. The van der Waals surface area contributed by atoms with Gasteiger partial charge in [0.25, 0.3) is 0 Å². The standard InChI is InChI=1S/C23H26N2O/c1-6-26-23-9-7-8-21(14-23)24-15-20-13-18(4)25(19(20)5)22-11-16(2)10-17(3)12-22/h7-15H,6H2,1-5H3. The van der Waals surface area contributed by atoms with E-state index in [0.29, 0.717) is 6.61 Å². The minimum absolute atomic E-state index is 0.657. The highest BCUT2D eigenvalue weighted by Gasteiger charge is 2.10. The fourth-order valence-corrected chi connectivity index (χ4v) is 3.36. The Morgan fingerprint density at radius 1 is 0.962 bits per heavy atom. The zero-order valence-corrected chi connectivity index (χ0v) is 16.2. The van der Waals surface area contributed by atoms with Gasteiger partial charge in [-0.1, -0.05) is 12.1 Å². The number of ether oxygens (including phenoxy) is 1. The number of hydrogen-bond acceptors (Lipinski definition) is 2. The molecule has 0 aliphatic carbocycles. The van der Waals surface area contributed by atoms with Gasteiger partial charge in [-0.2, -0.15) is 0 Å². The molecular weight excluding hydrogens is 320 g/mol. The predicted octanol–water partition coefficient (Wildman–Crippen LogP) is 5.86. The number of aliphatic imine (C=N–C) groups is 1. The second-order valence-electron chi connectivity index (χ2n) is 6.70. The molecule has 0 aliphatic rings. The third-order valence-corrected chi connectivity index (χ3v) is 4.42. The second kappa shape index (κ2) is 7.61. The van der Waals surface area contributed by atoms with Crippen molar-refractivity contribution in [1.29, 1.82) is 0 Å². The van der Waals surface area contributed by atoms with Crippen LogP contribution in [-0.2, 0) is 0 Å². The van der Waals surface area contributed by atoms with Crippen LogP contribution in [0.4, 0.5) is 5.69 Å². The molecule has 3 aromatic rings. The Balaban J connectivity index is 1.94. The van der Waals surface area contributed by atoms with Crippen molar-refractivity contribution in [3.8, 4) is 11.4 Å². The molecular formula is C23H26N2O. The van der Waals surface area contributed by atoms with Crippen molar-refractivity contribution in [3.05, 3.63) is 76.6 Å². The molecule has 1 aromatic heterocycles. The minimum atomic E-state index is 0.657. The molecule has 0 saturated heterocycles. The van der Waals surface area contributed by atoms with Crippen molar-refractivity contribution in [3.63, 3.8) is 0 Å². The van der Waals surface area contributed by atoms with E-state index in [0.717, 1.165) is 17.0 Å². The molecule has 1 heterocycles. The summed E-state index contributed by atoms with van der Waals surface area (Å²) < 4.78 is 7.84. The summed E-state index contributed by atoms with van der Waals surface area (Å²) in [6, 6.07) is 16.7. The lowest BCUT2D eigenvalue weighted by Crippen LogP contribution is -2.00. The molecule has 0 N–H and O–H groups in total. The number of nitrogens with zero attached hydrogens (tertiary/aromatic N) is 2. The zero-order chi connectivity index (χ0) is 18.7. The first kappa shape index (κ1) is 18.0. The van der Waals surface area contributed by atoms with Gasteiger partial charge in [-0.15, -0.1) is 0 Å². The van der Waals surface area contributed by atoms with Crippen LogP contribution in [0.3, 0.4) is 0 Å². The third kappa shape index (κ3) is 3.88. The first-order valence-corrected chi connectivity index (χ1v) is 9.02. The lowest BCUT2D eigenvalue weighted by molar-refractivity contribution is 0.340. The maximum atomic E-state index is 5.55. The molecule has 0 bridgehead atoms. The molecule has 0 saturated carbocycles. The SMILES string of the molecule is CCOc1cccc(N=Cc2cc(C)n(-c3cc(C)cc(C)c3)c2C)c1. The summed E-state index contributed by atoms with van der Waals surface area (Å²) in [6.45, 7) is 11.2. The van der Waals surface area contributed by atoms with Crippen LogP contribution in [0.2, 0.25) is 0 Å². The first-order chi connectivity index (χ1) is 12.5. The van der Waals surface area contributed by atoms with E-state index in [1.807, 2.05) is 37.4 Å². The van der Waals surface area contributed by atoms with E-state index in [4.69, 9.17) is 4.74 Å². The zero-order valence-electron chi connectivity index (χ0n) is 16.2. The third-order valence-electron chi connectivity index (χ3n) is 4.42. The van der Waals surface area contributed by atoms with E-state index >= 15 is 0 Å². The van der Waals surface area contributed by atoms with Gasteiger partial charge >= 0.3 is 0 Å². The molecule has 134 valence electrons. The van der Waals surface area contributed by atoms with Crippen LogP contribution in [0.5, 0.6) is 5.75 Å². The van der Waals surface area contributed by atoms with E-state index < -0.39 is 0 Å². The minimum Gasteiger partial charge on any atom is -0.494 e. The molecule has 0 amide bonds. The molecule has 26 heavy (non-hydrogen) atoms. The average molecular weight is 346 g/mol. The molecule has 3 rings (SSSR count). The lowest BCUT2D eigenvalue weighted by atomic mass is 10.1. The highest BCUT2D eigenvalue weighted by molar-refractivity contribution is 5.84. The van der Waals surface area contributed by atoms with Crippen molar-refractivity contribution < 1.29 is 4.74 Å². The Hall–Kier alpha value is -2.81. The maximum Gasteiger partial charge on any atom is 0.121 e. The maximum absolute atomic E-state index is 5.55. The van der Waals surface area contributed by atoms with Crippen molar-refractivity contribution in [2.45, 2.75) is 34.6 Å². The number of aryl methyl sites for hydroxylation is 3. The van der Waals surface area contributed by atoms with Crippen molar-refractivity contribution in [2.75, 3.05) is 6.61 Å². The van der Waals surface area contributed by atoms with Crippen LogP contribution >= 0.6 is 0 Å². The highest BCUT2D eigenvalue weighted by atomic mass is 16.5. The molecule has 0 spiro atoms. The van der Waals surface area contributed by atoms with E-state index in [-0.39, 0.29) is 0 Å². The van der Waals surface area contributed by atoms with Gasteiger partial charge in [0.1, 0.15) is 5.75 Å². The fourth-order valence-electron chi connectivity index (χ4n) is 3.36. The molecule has 0 unspecified atom stereocenters. The van der Waals surface area contributed by atoms with E-state index in [9.17, 15) is 0 Å². The molecule has 3 heteroatoms. The van der Waals surface area contributed by atoms with Crippen LogP contribution < -0.4 is 4.74 Å². The van der Waals surface area contributed by atoms with Gasteiger partial charge in [0.15, 0.2) is 0 Å². The van der Waals surface area contributed by atoms with E-state index in [1.54, 1.807) is 0 Å². The van der Waals surface area contributed by atoms with Crippen molar-refractivity contribution in [1.82, 2.24) is 4.57 Å². The van der Waals surface area contributed by atoms with E-state index in [1.165, 1.54) is 28.2 Å². The summed E-state index contributed by atoms with van der Waals surface area (Å²) in [7, 11) is 0. The fraction of sp³-hybridized carbons (Fsp3) is 0.261. The van der Waals surface area contributed by atoms with Crippen LogP contribution in [-0.4, -0.2) is 17.4 Å². The highest BCUT2D eigenvalue weighted by Crippen LogP contribution is 2.24. The molecule has 0 fully saturated rings. The number of aromatic nitrogens is 1. The summed E-state index contributed by atoms with van der Waals surface area (Å²) >= 11 is 0. The number of rotatable bonds is 5. The second-order valence-corrected chi connectivity index (χ2v) is 6.70. The summed E-state index contributed by atoms with van der Waals surface area (Å²) in [4.78, 5) is 4.65. The van der Waals surface area contributed by atoms with E-state index in [2.05, 4.69) is 61.5 Å². The Morgan fingerprint density at radius 3 is 2.38 bits per heavy atom. The average Bonchev–Trinajstić information content (AvgIpc) is 2.86. The van der Waals surface area contributed by atoms with Gasteiger partial charge in [0.05, 0.1) is 12.3 Å². The lowest BCUT2D eigenvalue weighted by Gasteiger charge is -2.11. The van der Waals surface area contributed by atoms with Crippen LogP contribution in [0.1, 0.15) is 35.0 Å². The van der Waals surface area contributed by atoms with Gasteiger partial charge in [-0.3, -0.25) is 4.99 Å². The van der Waals surface area contributed by atoms with Gasteiger partial charge in [0, 0.05) is 34.9 Å². The van der Waals surface area contributed by atoms with Crippen LogP contribution in [0.25, 0.3) is 5.69 Å². The quantitative estimate of drug-likeness (QED) is 0.531. The van der Waals surface area contributed by atoms with Crippen molar-refractivity contribution >= 4 is 11.9 Å². The topological polar surface area (TPSA) is 26.5 Å². The number of hydrogen-bond donors (Lipinski definition) is 0. The predicted molar refractivity (Wildman–Crippen MR) is 110 cm³/mol.